The number of ether oxygens (including phenoxy) is 1. The van der Waals surface area contributed by atoms with Crippen molar-refractivity contribution < 1.29 is 14.7 Å². The summed E-state index contributed by atoms with van der Waals surface area (Å²) < 4.78 is 5.08. The monoisotopic (exact) mass is 231 g/mol. The molecule has 0 heterocycles. The Morgan fingerprint density at radius 1 is 1.56 bits per heavy atom. The average molecular weight is 231 g/mol. The van der Waals surface area contributed by atoms with Crippen LogP contribution >= 0.6 is 0 Å². The molecule has 1 atom stereocenters. The number of carbonyl (C=O) groups is 1. The summed E-state index contributed by atoms with van der Waals surface area (Å²) in [4.78, 5) is 11.4. The van der Waals surface area contributed by atoms with Gasteiger partial charge in [0, 0.05) is 6.61 Å². The number of carbonyl (C=O) groups excluding carboxylic acids is 1. The van der Waals surface area contributed by atoms with Crippen LogP contribution in [-0.4, -0.2) is 36.2 Å². The van der Waals surface area contributed by atoms with Gasteiger partial charge in [0.2, 0.25) is 5.91 Å². The summed E-state index contributed by atoms with van der Waals surface area (Å²) >= 11 is 0. The normalized spacial score (nSPS) is 13.9. The number of nitrogens with two attached hydrogens (primary N) is 1. The minimum absolute atomic E-state index is 0.00107. The van der Waals surface area contributed by atoms with Crippen LogP contribution in [0.4, 0.5) is 0 Å². The van der Waals surface area contributed by atoms with Crippen molar-refractivity contribution >= 4 is 11.7 Å². The highest BCUT2D eigenvalue weighted by Crippen LogP contribution is 2.01. The zero-order valence-corrected chi connectivity index (χ0v) is 10.1. The molecule has 16 heavy (non-hydrogen) atoms. The Kier molecular flexibility index (Phi) is 7.28. The van der Waals surface area contributed by atoms with E-state index in [0.29, 0.717) is 6.61 Å². The maximum atomic E-state index is 11.4. The van der Waals surface area contributed by atoms with Gasteiger partial charge in [-0.3, -0.25) is 4.79 Å². The molecule has 0 rings (SSSR count). The molecule has 6 heteroatoms. The van der Waals surface area contributed by atoms with E-state index >= 15 is 0 Å². The first-order chi connectivity index (χ1) is 7.52. The van der Waals surface area contributed by atoms with Gasteiger partial charge in [0.25, 0.3) is 0 Å². The molecule has 0 saturated carbocycles. The topological polar surface area (TPSA) is 96.9 Å². The van der Waals surface area contributed by atoms with Crippen LogP contribution in [0, 0.1) is 5.92 Å². The van der Waals surface area contributed by atoms with E-state index in [1.807, 2.05) is 20.8 Å². The predicted octanol–water partition coefficient (Wildman–Crippen LogP) is 0.300. The molecule has 0 aromatic rings. The second-order valence-electron chi connectivity index (χ2n) is 3.87. The molecule has 0 bridgehead atoms. The maximum Gasteiger partial charge on any atom is 0.246 e. The van der Waals surface area contributed by atoms with Gasteiger partial charge in [-0.15, -0.1) is 0 Å². The zero-order chi connectivity index (χ0) is 12.6. The first kappa shape index (κ1) is 14.7. The molecule has 0 aromatic carbocycles. The lowest BCUT2D eigenvalue weighted by Gasteiger charge is -2.20. The molecule has 6 nitrogen and oxygen atoms in total. The third-order valence-electron chi connectivity index (χ3n) is 2.00. The highest BCUT2D eigenvalue weighted by molar-refractivity contribution is 5.90. The fourth-order valence-corrected chi connectivity index (χ4v) is 1.17. The Hall–Kier alpha value is -1.30. The molecular weight excluding hydrogens is 210 g/mol. The van der Waals surface area contributed by atoms with Crippen molar-refractivity contribution in [2.24, 2.45) is 16.8 Å². The Labute approximate surface area is 95.8 Å². The fourth-order valence-electron chi connectivity index (χ4n) is 1.17. The lowest BCUT2D eigenvalue weighted by Crippen LogP contribution is -2.48. The summed E-state index contributed by atoms with van der Waals surface area (Å²) in [6.45, 7) is 6.25. The summed E-state index contributed by atoms with van der Waals surface area (Å²) in [7, 11) is 0. The van der Waals surface area contributed by atoms with E-state index in [-0.39, 0.29) is 24.3 Å². The third kappa shape index (κ3) is 5.55. The zero-order valence-electron chi connectivity index (χ0n) is 10.1. The number of hydrogen-bond acceptors (Lipinski definition) is 4. The van der Waals surface area contributed by atoms with Crippen molar-refractivity contribution in [1.29, 1.82) is 0 Å². The molecule has 0 aliphatic rings. The van der Waals surface area contributed by atoms with Crippen molar-refractivity contribution in [2.75, 3.05) is 13.2 Å². The Balaban J connectivity index is 4.14. The molecule has 1 unspecified atom stereocenters. The van der Waals surface area contributed by atoms with Crippen molar-refractivity contribution in [3.8, 4) is 0 Å². The van der Waals surface area contributed by atoms with Crippen LogP contribution in [0.1, 0.15) is 27.2 Å². The molecule has 94 valence electrons. The second kappa shape index (κ2) is 7.92. The second-order valence-corrected chi connectivity index (χ2v) is 3.87. The van der Waals surface area contributed by atoms with Crippen molar-refractivity contribution in [3.05, 3.63) is 0 Å². The van der Waals surface area contributed by atoms with Gasteiger partial charge in [-0.05, 0) is 12.3 Å². The number of nitrogens with zero attached hydrogens (tertiary/aromatic N) is 1. The van der Waals surface area contributed by atoms with E-state index < -0.39 is 6.04 Å². The molecule has 1 amide bonds. The molecule has 0 fully saturated rings. The summed E-state index contributed by atoms with van der Waals surface area (Å²) in [6, 6.07) is -0.470. The summed E-state index contributed by atoms with van der Waals surface area (Å²) in [5.74, 6) is -0.219. The molecule has 0 aliphatic carbocycles. The van der Waals surface area contributed by atoms with Crippen molar-refractivity contribution in [3.63, 3.8) is 0 Å². The molecule has 0 radical (unpaired) electrons. The van der Waals surface area contributed by atoms with Crippen LogP contribution in [0.25, 0.3) is 0 Å². The first-order valence-corrected chi connectivity index (χ1v) is 5.37. The lowest BCUT2D eigenvalue weighted by molar-refractivity contribution is -0.126. The lowest BCUT2D eigenvalue weighted by atomic mass is 10.0. The van der Waals surface area contributed by atoms with Crippen LogP contribution < -0.4 is 11.1 Å². The number of amides is 1. The average Bonchev–Trinajstić information content (AvgIpc) is 2.25. The van der Waals surface area contributed by atoms with Gasteiger partial charge < -0.3 is 21.0 Å². The van der Waals surface area contributed by atoms with E-state index in [4.69, 9.17) is 15.7 Å². The Bertz CT molecular complexity index is 241. The number of nitrogens with one attached hydrogen (secondary N) is 1. The van der Waals surface area contributed by atoms with Crippen LogP contribution in [0.2, 0.25) is 0 Å². The Morgan fingerprint density at radius 3 is 2.62 bits per heavy atom. The quantitative estimate of drug-likeness (QED) is 0.193. The summed E-state index contributed by atoms with van der Waals surface area (Å²) in [5, 5.41) is 14.1. The smallest absolute Gasteiger partial charge is 0.246 e. The largest absolute Gasteiger partial charge is 0.409 e. The van der Waals surface area contributed by atoms with E-state index in [9.17, 15) is 4.79 Å². The molecule has 0 saturated heterocycles. The molecule has 0 aromatic heterocycles. The third-order valence-corrected chi connectivity index (χ3v) is 2.00. The number of hydrogen-bond donors (Lipinski definition) is 3. The number of oxime groups is 1. The van der Waals surface area contributed by atoms with Gasteiger partial charge in [0.05, 0.1) is 6.04 Å². The van der Waals surface area contributed by atoms with Gasteiger partial charge in [0.15, 0.2) is 5.84 Å². The molecular formula is C10H21N3O3. The van der Waals surface area contributed by atoms with Crippen LogP contribution in [0.3, 0.4) is 0 Å². The van der Waals surface area contributed by atoms with Crippen LogP contribution in [0.5, 0.6) is 0 Å². The van der Waals surface area contributed by atoms with Crippen molar-refractivity contribution in [1.82, 2.24) is 5.32 Å². The highest BCUT2D eigenvalue weighted by Gasteiger charge is 2.20. The first-order valence-electron chi connectivity index (χ1n) is 5.37. The van der Waals surface area contributed by atoms with Gasteiger partial charge in [-0.1, -0.05) is 25.9 Å². The fraction of sp³-hybridized carbons (Fsp3) is 0.800. The number of amidine groups is 1. The van der Waals surface area contributed by atoms with E-state index in [1.165, 1.54) is 0 Å². The number of rotatable bonds is 7. The minimum atomic E-state index is -0.470. The van der Waals surface area contributed by atoms with Gasteiger partial charge in [-0.25, -0.2) is 0 Å². The van der Waals surface area contributed by atoms with Crippen LogP contribution in [-0.2, 0) is 9.53 Å². The van der Waals surface area contributed by atoms with Crippen LogP contribution in [0.15, 0.2) is 5.16 Å². The van der Waals surface area contributed by atoms with Gasteiger partial charge in [0.1, 0.15) is 6.61 Å². The summed E-state index contributed by atoms with van der Waals surface area (Å²) in [5.41, 5.74) is 5.47. The maximum absolute atomic E-state index is 11.4. The molecule has 0 spiro atoms. The highest BCUT2D eigenvalue weighted by atomic mass is 16.5. The predicted molar refractivity (Wildman–Crippen MR) is 61.3 cm³/mol. The van der Waals surface area contributed by atoms with E-state index in [2.05, 4.69) is 10.5 Å². The van der Waals surface area contributed by atoms with E-state index in [0.717, 1.165) is 6.42 Å². The van der Waals surface area contributed by atoms with Gasteiger partial charge in [-0.2, -0.15) is 0 Å². The minimum Gasteiger partial charge on any atom is -0.409 e. The Morgan fingerprint density at radius 2 is 2.19 bits per heavy atom. The molecule has 0 aliphatic heterocycles. The van der Waals surface area contributed by atoms with Gasteiger partial charge >= 0.3 is 0 Å². The van der Waals surface area contributed by atoms with E-state index in [1.54, 1.807) is 0 Å². The standard InChI is InChI=1S/C10H21N3O3/c1-4-5-16-6-8(14)12-9(7(2)3)10(11)13-15/h7,9,15H,4-6H2,1-3H3,(H2,11,13)(H,12,14). The summed E-state index contributed by atoms with van der Waals surface area (Å²) in [6.07, 6.45) is 0.862. The molecule has 4 N–H and O–H groups in total. The van der Waals surface area contributed by atoms with Crippen molar-refractivity contribution in [2.45, 2.75) is 33.2 Å². The SMILES string of the molecule is CCCOCC(=O)NC(C(N)=NO)C(C)C.